The van der Waals surface area contributed by atoms with E-state index in [-0.39, 0.29) is 41.0 Å². The molecule has 0 saturated carbocycles. The van der Waals surface area contributed by atoms with E-state index in [1.807, 2.05) is 0 Å². The molecule has 8 heteroatoms. The standard InChI is InChI=1S/C13H13ClN4O3/c1-15-12(20)8-6-7(2-3-9(8)14)16-13(21)10-4-5-11(19)18-17-10/h2-3,6H,4-5H2,1H3,(H,15,20)(H,16,21)(H,18,19). The fourth-order valence-electron chi connectivity index (χ4n) is 1.75. The van der Waals surface area contributed by atoms with E-state index in [4.69, 9.17) is 11.6 Å². The van der Waals surface area contributed by atoms with Gasteiger partial charge in [-0.05, 0) is 18.2 Å². The second kappa shape index (κ2) is 6.36. The predicted octanol–water partition coefficient (Wildman–Crippen LogP) is 0.904. The van der Waals surface area contributed by atoms with Gasteiger partial charge >= 0.3 is 0 Å². The molecule has 0 aliphatic carbocycles. The summed E-state index contributed by atoms with van der Waals surface area (Å²) in [5.74, 6) is -1.00. The Bertz CT molecular complexity index is 642. The lowest BCUT2D eigenvalue weighted by Crippen LogP contribution is -2.32. The average molecular weight is 309 g/mol. The fourth-order valence-corrected chi connectivity index (χ4v) is 1.96. The average Bonchev–Trinajstić information content (AvgIpc) is 2.49. The smallest absolute Gasteiger partial charge is 0.271 e. The lowest BCUT2D eigenvalue weighted by Gasteiger charge is -2.12. The van der Waals surface area contributed by atoms with Gasteiger partial charge in [-0.1, -0.05) is 11.6 Å². The third-order valence-electron chi connectivity index (χ3n) is 2.86. The highest BCUT2D eigenvalue weighted by Crippen LogP contribution is 2.20. The van der Waals surface area contributed by atoms with Gasteiger partial charge in [-0.15, -0.1) is 0 Å². The zero-order valence-electron chi connectivity index (χ0n) is 11.2. The maximum absolute atomic E-state index is 12.0. The Kier molecular flexibility index (Phi) is 4.54. The van der Waals surface area contributed by atoms with Crippen molar-refractivity contribution in [2.45, 2.75) is 12.8 Å². The first-order valence-corrected chi connectivity index (χ1v) is 6.57. The van der Waals surface area contributed by atoms with Crippen LogP contribution in [0.2, 0.25) is 5.02 Å². The van der Waals surface area contributed by atoms with Crippen LogP contribution in [0.15, 0.2) is 23.3 Å². The molecule has 0 fully saturated rings. The Morgan fingerprint density at radius 1 is 1.29 bits per heavy atom. The molecule has 2 rings (SSSR count). The number of nitrogens with one attached hydrogen (secondary N) is 3. The van der Waals surface area contributed by atoms with Crippen molar-refractivity contribution in [1.82, 2.24) is 10.7 Å². The Hall–Kier alpha value is -2.41. The van der Waals surface area contributed by atoms with Crippen LogP contribution < -0.4 is 16.1 Å². The highest BCUT2D eigenvalue weighted by Gasteiger charge is 2.19. The van der Waals surface area contributed by atoms with Gasteiger partial charge in [0, 0.05) is 25.6 Å². The normalized spacial score (nSPS) is 14.0. The van der Waals surface area contributed by atoms with Crippen LogP contribution in [0.5, 0.6) is 0 Å². The molecule has 1 aliphatic rings. The highest BCUT2D eigenvalue weighted by molar-refractivity contribution is 6.43. The van der Waals surface area contributed by atoms with Crippen molar-refractivity contribution in [3.8, 4) is 0 Å². The highest BCUT2D eigenvalue weighted by atomic mass is 35.5. The number of amides is 3. The SMILES string of the molecule is CNC(=O)c1cc(NC(=O)C2=NNC(=O)CC2)ccc1Cl. The quantitative estimate of drug-likeness (QED) is 0.773. The maximum Gasteiger partial charge on any atom is 0.271 e. The number of hydrazone groups is 1. The number of benzene rings is 1. The first-order chi connectivity index (χ1) is 10.0. The summed E-state index contributed by atoms with van der Waals surface area (Å²) in [7, 11) is 1.49. The van der Waals surface area contributed by atoms with Crippen molar-refractivity contribution in [2.24, 2.45) is 5.10 Å². The molecule has 7 nitrogen and oxygen atoms in total. The van der Waals surface area contributed by atoms with Gasteiger partial charge in [0.15, 0.2) is 0 Å². The molecular formula is C13H13ClN4O3. The molecule has 1 aromatic carbocycles. The van der Waals surface area contributed by atoms with Crippen LogP contribution in [0, 0.1) is 0 Å². The molecule has 1 heterocycles. The van der Waals surface area contributed by atoms with Gasteiger partial charge < -0.3 is 10.6 Å². The van der Waals surface area contributed by atoms with E-state index in [2.05, 4.69) is 21.2 Å². The van der Waals surface area contributed by atoms with Crippen LogP contribution in [0.4, 0.5) is 5.69 Å². The van der Waals surface area contributed by atoms with Crippen LogP contribution >= 0.6 is 11.6 Å². The summed E-state index contributed by atoms with van der Waals surface area (Å²) in [6, 6.07) is 4.57. The van der Waals surface area contributed by atoms with Crippen molar-refractivity contribution in [3.63, 3.8) is 0 Å². The number of halogens is 1. The van der Waals surface area contributed by atoms with Crippen LogP contribution in [0.1, 0.15) is 23.2 Å². The summed E-state index contributed by atoms with van der Waals surface area (Å²) in [6.45, 7) is 0. The predicted molar refractivity (Wildman–Crippen MR) is 78.3 cm³/mol. The second-order valence-corrected chi connectivity index (χ2v) is 4.73. The van der Waals surface area contributed by atoms with Crippen molar-refractivity contribution in [2.75, 3.05) is 12.4 Å². The number of carbonyl (C=O) groups excluding carboxylic acids is 3. The zero-order chi connectivity index (χ0) is 15.4. The topological polar surface area (TPSA) is 99.7 Å². The van der Waals surface area contributed by atoms with Crippen molar-refractivity contribution in [3.05, 3.63) is 28.8 Å². The molecule has 21 heavy (non-hydrogen) atoms. The number of hydrogen-bond donors (Lipinski definition) is 3. The zero-order valence-corrected chi connectivity index (χ0v) is 12.0. The molecule has 0 radical (unpaired) electrons. The maximum atomic E-state index is 12.0. The van der Waals surface area contributed by atoms with Crippen molar-refractivity contribution in [1.29, 1.82) is 0 Å². The first-order valence-electron chi connectivity index (χ1n) is 6.19. The van der Waals surface area contributed by atoms with E-state index >= 15 is 0 Å². The fraction of sp³-hybridized carbons (Fsp3) is 0.231. The summed E-state index contributed by atoms with van der Waals surface area (Å²) in [6.07, 6.45) is 0.490. The summed E-state index contributed by atoms with van der Waals surface area (Å²) in [5.41, 5.74) is 3.16. The monoisotopic (exact) mass is 308 g/mol. The number of rotatable bonds is 3. The minimum atomic E-state index is -0.430. The second-order valence-electron chi connectivity index (χ2n) is 4.32. The minimum Gasteiger partial charge on any atom is -0.355 e. The number of carbonyl (C=O) groups is 3. The van der Waals surface area contributed by atoms with Crippen LogP contribution in [0.3, 0.4) is 0 Å². The molecule has 0 saturated heterocycles. The first kappa shape index (κ1) is 15.0. The Labute approximate surface area is 125 Å². The molecule has 0 aromatic heterocycles. The molecule has 3 N–H and O–H groups in total. The Balaban J connectivity index is 2.14. The third kappa shape index (κ3) is 3.57. The minimum absolute atomic E-state index is 0.219. The molecule has 0 unspecified atom stereocenters. The number of hydrogen-bond acceptors (Lipinski definition) is 4. The van der Waals surface area contributed by atoms with E-state index in [0.29, 0.717) is 5.69 Å². The summed E-state index contributed by atoms with van der Waals surface area (Å²) in [5, 5.41) is 9.06. The molecule has 3 amide bonds. The van der Waals surface area contributed by atoms with Gasteiger partial charge in [0.1, 0.15) is 5.71 Å². The van der Waals surface area contributed by atoms with Crippen LogP contribution in [0.25, 0.3) is 0 Å². The van der Waals surface area contributed by atoms with E-state index in [1.54, 1.807) is 6.07 Å². The van der Waals surface area contributed by atoms with Gasteiger partial charge in [0.05, 0.1) is 10.6 Å². The third-order valence-corrected chi connectivity index (χ3v) is 3.19. The molecule has 0 atom stereocenters. The summed E-state index contributed by atoms with van der Waals surface area (Å²) >= 11 is 5.93. The van der Waals surface area contributed by atoms with E-state index < -0.39 is 5.91 Å². The van der Waals surface area contributed by atoms with Crippen LogP contribution in [-0.2, 0) is 9.59 Å². The van der Waals surface area contributed by atoms with E-state index in [0.717, 1.165) is 0 Å². The molecule has 110 valence electrons. The number of anilines is 1. The molecule has 0 spiro atoms. The van der Waals surface area contributed by atoms with E-state index in [1.165, 1.54) is 19.2 Å². The van der Waals surface area contributed by atoms with Crippen molar-refractivity contribution < 1.29 is 14.4 Å². The van der Waals surface area contributed by atoms with Crippen molar-refractivity contribution >= 4 is 40.7 Å². The van der Waals surface area contributed by atoms with Gasteiger partial charge in [0.2, 0.25) is 5.91 Å². The molecular weight excluding hydrogens is 296 g/mol. The molecule has 1 aromatic rings. The summed E-state index contributed by atoms with van der Waals surface area (Å²) < 4.78 is 0. The van der Waals surface area contributed by atoms with Gasteiger partial charge in [-0.3, -0.25) is 14.4 Å². The molecule has 1 aliphatic heterocycles. The van der Waals surface area contributed by atoms with E-state index in [9.17, 15) is 14.4 Å². The van der Waals surface area contributed by atoms with Gasteiger partial charge in [-0.25, -0.2) is 5.43 Å². The lowest BCUT2D eigenvalue weighted by molar-refractivity contribution is -0.121. The number of nitrogens with zero attached hydrogens (tertiary/aromatic N) is 1. The Morgan fingerprint density at radius 2 is 2.05 bits per heavy atom. The Morgan fingerprint density at radius 3 is 2.67 bits per heavy atom. The largest absolute Gasteiger partial charge is 0.355 e. The van der Waals surface area contributed by atoms with Crippen LogP contribution in [-0.4, -0.2) is 30.5 Å². The molecule has 0 bridgehead atoms. The van der Waals surface area contributed by atoms with Gasteiger partial charge in [0.25, 0.3) is 11.8 Å². The van der Waals surface area contributed by atoms with Gasteiger partial charge in [-0.2, -0.15) is 5.10 Å². The summed E-state index contributed by atoms with van der Waals surface area (Å²) in [4.78, 5) is 34.6. The lowest BCUT2D eigenvalue weighted by atomic mass is 10.1.